The highest BCUT2D eigenvalue weighted by Crippen LogP contribution is 2.43. The summed E-state index contributed by atoms with van der Waals surface area (Å²) in [6.07, 6.45) is 0.200. The highest BCUT2D eigenvalue weighted by molar-refractivity contribution is 7.21. The summed E-state index contributed by atoms with van der Waals surface area (Å²) in [5, 5.41) is 0.281. The van der Waals surface area contributed by atoms with E-state index in [0.29, 0.717) is 43.4 Å². The maximum Gasteiger partial charge on any atom is 0.410 e. The molecule has 5 rings (SSSR count). The Morgan fingerprint density at radius 2 is 1.73 bits per heavy atom. The number of rotatable bonds is 7. The lowest BCUT2D eigenvalue weighted by Crippen LogP contribution is -2.45. The Hall–Kier alpha value is -3.73. The van der Waals surface area contributed by atoms with E-state index in [1.807, 2.05) is 76.8 Å². The van der Waals surface area contributed by atoms with E-state index in [0.717, 1.165) is 41.2 Å². The minimum atomic E-state index is -2.57. The first-order valence-electron chi connectivity index (χ1n) is 16.9. The van der Waals surface area contributed by atoms with Gasteiger partial charge in [0.2, 0.25) is 0 Å². The van der Waals surface area contributed by atoms with Crippen LogP contribution in [0.1, 0.15) is 52.1 Å². The van der Waals surface area contributed by atoms with Crippen molar-refractivity contribution < 1.29 is 32.6 Å². The number of carbonyl (C=O) groups is 2. The van der Waals surface area contributed by atoms with Crippen LogP contribution in [0.25, 0.3) is 21.5 Å². The second kappa shape index (κ2) is 12.9. The molecule has 3 aromatic rings. The molecule has 45 heavy (non-hydrogen) atoms. The molecule has 1 aromatic carbocycles. The molecule has 2 unspecified atom stereocenters. The molecule has 2 aromatic heterocycles. The van der Waals surface area contributed by atoms with Crippen LogP contribution in [0.3, 0.4) is 0 Å². The summed E-state index contributed by atoms with van der Waals surface area (Å²) in [7, 11) is -0.902. The summed E-state index contributed by atoms with van der Waals surface area (Å²) < 4.78 is 45.9. The zero-order chi connectivity index (χ0) is 35.0. The number of piperidine rings is 1. The smallest absolute Gasteiger partial charge is 0.410 e. The van der Waals surface area contributed by atoms with Crippen molar-refractivity contribution in [3.8, 4) is 22.1 Å². The molecule has 11 heteroatoms. The van der Waals surface area contributed by atoms with Crippen LogP contribution in [0.5, 0.6) is 10.8 Å². The number of ether oxygens (including phenoxy) is 4. The van der Waals surface area contributed by atoms with Crippen LogP contribution in [0, 0.1) is 11.8 Å². The molecule has 10 nitrogen and oxygen atoms in total. The molecule has 2 atom stereocenters. The van der Waals surface area contributed by atoms with Gasteiger partial charge in [0.1, 0.15) is 23.6 Å². The minimum Gasteiger partial charge on any atom is -0.492 e. The third kappa shape index (κ3) is 8.11. The maximum absolute atomic E-state index is 12.8. The number of anilines is 1. The average molecular weight is 642 g/mol. The monoisotopic (exact) mass is 641 g/mol. The SMILES string of the molecule is [2H]C([2H])([2H])Oc1cc2nc(-c3ccc(OCCN(C)C(=O)OC(C)(C)C)cc3)cc(N3CC4CCN(C(=O)OC(C)(C)C)CC4C3)c2s1. The normalized spacial score (nSPS) is 19.8. The fraction of sp³-hybridized carbons (Fsp3) is 0.559. The van der Waals surface area contributed by atoms with E-state index in [4.69, 9.17) is 28.0 Å². The molecule has 0 N–H and O–H groups in total. The van der Waals surface area contributed by atoms with Crippen LogP contribution in [-0.2, 0) is 9.47 Å². The lowest BCUT2D eigenvalue weighted by atomic mass is 9.89. The van der Waals surface area contributed by atoms with Gasteiger partial charge in [0.25, 0.3) is 0 Å². The molecule has 4 heterocycles. The number of nitrogens with zero attached hydrogens (tertiary/aromatic N) is 4. The number of likely N-dealkylation sites (N-methyl/N-ethyl adjacent to an activating group) is 1. The molecule has 244 valence electrons. The van der Waals surface area contributed by atoms with Crippen molar-refractivity contribution >= 4 is 39.4 Å². The third-order valence-electron chi connectivity index (χ3n) is 7.88. The highest BCUT2D eigenvalue weighted by atomic mass is 32.1. The first kappa shape index (κ1) is 28.7. The molecule has 0 radical (unpaired) electrons. The van der Waals surface area contributed by atoms with Crippen LogP contribution in [0.2, 0.25) is 0 Å². The molecule has 0 saturated carbocycles. The fourth-order valence-electron chi connectivity index (χ4n) is 5.73. The van der Waals surface area contributed by atoms with Gasteiger partial charge in [0, 0.05) is 44.9 Å². The van der Waals surface area contributed by atoms with Gasteiger partial charge in [0.15, 0.2) is 5.06 Å². The summed E-state index contributed by atoms with van der Waals surface area (Å²) in [4.78, 5) is 35.6. The van der Waals surface area contributed by atoms with Gasteiger partial charge in [0.05, 0.1) is 39.3 Å². The topological polar surface area (TPSA) is 93.7 Å². The van der Waals surface area contributed by atoms with Gasteiger partial charge in [-0.2, -0.15) is 0 Å². The summed E-state index contributed by atoms with van der Waals surface area (Å²) in [5.74, 6) is 1.35. The number of benzene rings is 1. The Morgan fingerprint density at radius 3 is 2.42 bits per heavy atom. The van der Waals surface area contributed by atoms with Gasteiger partial charge >= 0.3 is 12.2 Å². The Balaban J connectivity index is 1.33. The number of hydrogen-bond donors (Lipinski definition) is 0. The summed E-state index contributed by atoms with van der Waals surface area (Å²) in [6, 6.07) is 11.3. The minimum absolute atomic E-state index is 0.278. The van der Waals surface area contributed by atoms with Crippen LogP contribution < -0.4 is 14.4 Å². The van der Waals surface area contributed by atoms with Gasteiger partial charge in [-0.15, -0.1) is 0 Å². The van der Waals surface area contributed by atoms with Gasteiger partial charge in [-0.3, -0.25) is 0 Å². The van der Waals surface area contributed by atoms with Crippen molar-refractivity contribution in [3.05, 3.63) is 36.4 Å². The predicted molar refractivity (Wildman–Crippen MR) is 178 cm³/mol. The van der Waals surface area contributed by atoms with Crippen LogP contribution in [-0.4, -0.2) is 91.6 Å². The predicted octanol–water partition coefficient (Wildman–Crippen LogP) is 6.91. The van der Waals surface area contributed by atoms with Crippen molar-refractivity contribution in [1.29, 1.82) is 0 Å². The van der Waals surface area contributed by atoms with E-state index in [2.05, 4.69) is 4.90 Å². The number of hydrogen-bond acceptors (Lipinski definition) is 9. The van der Waals surface area contributed by atoms with Crippen LogP contribution in [0.15, 0.2) is 36.4 Å². The van der Waals surface area contributed by atoms with Crippen molar-refractivity contribution in [3.63, 3.8) is 0 Å². The number of carbonyl (C=O) groups excluding carboxylic acids is 2. The lowest BCUT2D eigenvalue weighted by molar-refractivity contribution is 0.0139. The molecule has 0 aliphatic carbocycles. The second-order valence-electron chi connectivity index (χ2n) is 13.8. The van der Waals surface area contributed by atoms with E-state index in [1.165, 1.54) is 16.2 Å². The van der Waals surface area contributed by atoms with Crippen molar-refractivity contribution in [2.24, 2.45) is 11.8 Å². The van der Waals surface area contributed by atoms with Gasteiger partial charge < -0.3 is 33.6 Å². The average Bonchev–Trinajstić information content (AvgIpc) is 3.57. The Bertz CT molecular complexity index is 1620. The molecule has 2 fully saturated rings. The van der Waals surface area contributed by atoms with Crippen LogP contribution >= 0.6 is 11.3 Å². The summed E-state index contributed by atoms with van der Waals surface area (Å²) in [5.41, 5.74) is 2.10. The number of amides is 2. The number of thiophene rings is 1. The quantitative estimate of drug-likeness (QED) is 0.275. The Kier molecular flexibility index (Phi) is 8.26. The van der Waals surface area contributed by atoms with Crippen LogP contribution in [0.4, 0.5) is 15.3 Å². The highest BCUT2D eigenvalue weighted by Gasteiger charge is 2.40. The van der Waals surface area contributed by atoms with E-state index in [1.54, 1.807) is 13.1 Å². The van der Waals surface area contributed by atoms with E-state index >= 15 is 0 Å². The van der Waals surface area contributed by atoms with Crippen molar-refractivity contribution in [2.45, 2.75) is 59.2 Å². The van der Waals surface area contributed by atoms with Gasteiger partial charge in [-0.25, -0.2) is 14.6 Å². The largest absolute Gasteiger partial charge is 0.492 e. The molecule has 2 aliphatic heterocycles. The van der Waals surface area contributed by atoms with Crippen molar-refractivity contribution in [2.75, 3.05) is 58.3 Å². The fourth-order valence-corrected chi connectivity index (χ4v) is 6.64. The number of fused-ring (bicyclic) bond motifs is 2. The molecular weight excluding hydrogens is 592 g/mol. The number of methoxy groups -OCH3 is 1. The Labute approximate surface area is 274 Å². The number of aromatic nitrogens is 1. The molecule has 2 aliphatic rings. The third-order valence-corrected chi connectivity index (χ3v) is 8.91. The Morgan fingerprint density at radius 1 is 1.02 bits per heavy atom. The second-order valence-corrected chi connectivity index (χ2v) is 14.8. The zero-order valence-electron chi connectivity index (χ0n) is 30.2. The molecule has 2 saturated heterocycles. The molecule has 0 spiro atoms. The van der Waals surface area contributed by atoms with Gasteiger partial charge in [-0.1, -0.05) is 11.3 Å². The molecular formula is C34H46N4O6S. The standard InChI is InChI=1S/C34H46N4O6S/c1-33(2,3)43-31(39)36(7)15-16-42-25-11-9-22(10-12-25)26-17-28(30-27(35-26)18-29(41-8)45-30)38-19-23-13-14-37(20-24(23)21-38)32(40)44-34(4,5)6/h9-12,17-18,23-24H,13-16,19-21H2,1-8H3/i8D3. The van der Waals surface area contributed by atoms with E-state index < -0.39 is 24.3 Å². The lowest BCUT2D eigenvalue weighted by Gasteiger charge is -2.35. The molecule has 2 amide bonds. The summed E-state index contributed by atoms with van der Waals surface area (Å²) >= 11 is 1.28. The number of pyridine rings is 1. The van der Waals surface area contributed by atoms with Gasteiger partial charge in [-0.05, 0) is 90.1 Å². The van der Waals surface area contributed by atoms with E-state index in [9.17, 15) is 9.59 Å². The van der Waals surface area contributed by atoms with E-state index in [-0.39, 0.29) is 17.1 Å². The zero-order valence-corrected chi connectivity index (χ0v) is 28.0. The first-order chi connectivity index (χ1) is 22.3. The van der Waals surface area contributed by atoms with Crippen molar-refractivity contribution in [1.82, 2.24) is 14.8 Å². The number of likely N-dealkylation sites (tertiary alicyclic amines) is 1. The maximum atomic E-state index is 12.8. The molecule has 0 bridgehead atoms. The first-order valence-corrected chi connectivity index (χ1v) is 16.2. The summed E-state index contributed by atoms with van der Waals surface area (Å²) in [6.45, 7) is 14.6.